The molecule has 2 rings (SSSR count). The molecule has 0 aliphatic rings. The Bertz CT molecular complexity index is 494. The molecular weight excluding hydrogens is 196 g/mol. The van der Waals surface area contributed by atoms with Gasteiger partial charge in [-0.2, -0.15) is 5.10 Å². The third-order valence-electron chi connectivity index (χ3n) is 2.15. The maximum Gasteiger partial charge on any atom is 0.305 e. The molecule has 0 bridgehead atoms. The van der Waals surface area contributed by atoms with Gasteiger partial charge in [-0.3, -0.25) is 14.9 Å². The molecule has 78 valence electrons. The standard InChI is InChI=1S/C9H10N4O2/c10-6(3-8(14)15)9-5-4-11-2-1-7(5)12-13-9/h1-2,4,6H,3,10H2,(H,12,13)(H,14,15). The van der Waals surface area contributed by atoms with Gasteiger partial charge in [-0.1, -0.05) is 0 Å². The van der Waals surface area contributed by atoms with Crippen molar-refractivity contribution in [2.24, 2.45) is 5.73 Å². The van der Waals surface area contributed by atoms with Crippen molar-refractivity contribution in [2.45, 2.75) is 12.5 Å². The van der Waals surface area contributed by atoms with E-state index in [0.29, 0.717) is 5.69 Å². The third-order valence-corrected chi connectivity index (χ3v) is 2.15. The predicted molar refractivity (Wildman–Crippen MR) is 53.1 cm³/mol. The highest BCUT2D eigenvalue weighted by Crippen LogP contribution is 2.20. The molecule has 2 aromatic rings. The van der Waals surface area contributed by atoms with E-state index < -0.39 is 12.0 Å². The fraction of sp³-hybridized carbons (Fsp3) is 0.222. The van der Waals surface area contributed by atoms with Crippen molar-refractivity contribution in [1.82, 2.24) is 15.2 Å². The Morgan fingerprint density at radius 1 is 1.67 bits per heavy atom. The quantitative estimate of drug-likeness (QED) is 0.675. The maximum absolute atomic E-state index is 10.5. The van der Waals surface area contributed by atoms with Crippen LogP contribution >= 0.6 is 0 Å². The summed E-state index contributed by atoms with van der Waals surface area (Å²) in [6.45, 7) is 0. The van der Waals surface area contributed by atoms with Gasteiger partial charge in [0.2, 0.25) is 0 Å². The predicted octanol–water partition coefficient (Wildman–Crippen LogP) is 0.432. The number of aromatic nitrogens is 3. The number of hydrogen-bond donors (Lipinski definition) is 3. The van der Waals surface area contributed by atoms with Gasteiger partial charge in [-0.05, 0) is 6.07 Å². The molecule has 6 heteroatoms. The first-order valence-electron chi connectivity index (χ1n) is 4.44. The Labute approximate surface area is 85.1 Å². The summed E-state index contributed by atoms with van der Waals surface area (Å²) < 4.78 is 0. The average molecular weight is 206 g/mol. The first kappa shape index (κ1) is 9.60. The van der Waals surface area contributed by atoms with Gasteiger partial charge in [0.25, 0.3) is 0 Å². The molecule has 0 radical (unpaired) electrons. The van der Waals surface area contributed by atoms with Crippen molar-refractivity contribution < 1.29 is 9.90 Å². The van der Waals surface area contributed by atoms with Crippen molar-refractivity contribution >= 4 is 16.9 Å². The molecular formula is C9H10N4O2. The van der Waals surface area contributed by atoms with Gasteiger partial charge in [-0.15, -0.1) is 0 Å². The van der Waals surface area contributed by atoms with E-state index in [1.807, 2.05) is 0 Å². The number of hydrogen-bond acceptors (Lipinski definition) is 4. The number of H-pyrrole nitrogens is 1. The van der Waals surface area contributed by atoms with E-state index >= 15 is 0 Å². The summed E-state index contributed by atoms with van der Waals surface area (Å²) in [7, 11) is 0. The van der Waals surface area contributed by atoms with Crippen LogP contribution < -0.4 is 5.73 Å². The molecule has 0 spiro atoms. The molecule has 15 heavy (non-hydrogen) atoms. The lowest BCUT2D eigenvalue weighted by Gasteiger charge is -2.05. The van der Waals surface area contributed by atoms with Crippen LogP contribution in [0.4, 0.5) is 0 Å². The van der Waals surface area contributed by atoms with E-state index in [1.54, 1.807) is 18.5 Å². The van der Waals surface area contributed by atoms with Crippen LogP contribution in [0.2, 0.25) is 0 Å². The Morgan fingerprint density at radius 3 is 3.20 bits per heavy atom. The SMILES string of the molecule is NC(CC(=O)O)c1[nH]nc2ccncc12. The number of rotatable bonds is 3. The molecule has 4 N–H and O–H groups in total. The van der Waals surface area contributed by atoms with Crippen LogP contribution in [0.15, 0.2) is 18.5 Å². The Hall–Kier alpha value is -1.95. The van der Waals surface area contributed by atoms with Gasteiger partial charge in [0, 0.05) is 17.8 Å². The highest BCUT2D eigenvalue weighted by molar-refractivity contribution is 5.81. The first-order valence-corrected chi connectivity index (χ1v) is 4.44. The minimum atomic E-state index is -0.936. The third kappa shape index (κ3) is 1.79. The van der Waals surface area contributed by atoms with E-state index in [2.05, 4.69) is 15.2 Å². The topological polar surface area (TPSA) is 105 Å². The molecule has 0 amide bonds. The number of aliphatic carboxylic acids is 1. The van der Waals surface area contributed by atoms with Gasteiger partial charge < -0.3 is 10.8 Å². The maximum atomic E-state index is 10.5. The van der Waals surface area contributed by atoms with E-state index in [1.165, 1.54) is 0 Å². The molecule has 2 aromatic heterocycles. The van der Waals surface area contributed by atoms with Crippen molar-refractivity contribution in [3.05, 3.63) is 24.2 Å². The normalized spacial score (nSPS) is 12.9. The van der Waals surface area contributed by atoms with E-state index in [9.17, 15) is 4.79 Å². The fourth-order valence-corrected chi connectivity index (χ4v) is 1.45. The lowest BCUT2D eigenvalue weighted by Crippen LogP contribution is -2.15. The zero-order valence-corrected chi connectivity index (χ0v) is 7.84. The second kappa shape index (κ2) is 3.66. The number of carboxylic acid groups (broad SMARTS) is 1. The number of nitrogens with one attached hydrogen (secondary N) is 1. The van der Waals surface area contributed by atoms with Crippen molar-refractivity contribution in [3.8, 4) is 0 Å². The molecule has 0 saturated carbocycles. The van der Waals surface area contributed by atoms with Crippen LogP contribution in [0.1, 0.15) is 18.2 Å². The first-order chi connectivity index (χ1) is 7.18. The molecule has 0 aliphatic carbocycles. The summed E-state index contributed by atoms with van der Waals surface area (Å²) in [5.41, 5.74) is 7.08. The van der Waals surface area contributed by atoms with Crippen molar-refractivity contribution in [1.29, 1.82) is 0 Å². The smallest absolute Gasteiger partial charge is 0.305 e. The molecule has 0 fully saturated rings. The van der Waals surface area contributed by atoms with E-state index in [0.717, 1.165) is 10.9 Å². The molecule has 1 atom stereocenters. The Balaban J connectivity index is 2.39. The zero-order valence-electron chi connectivity index (χ0n) is 7.84. The number of nitrogens with zero attached hydrogens (tertiary/aromatic N) is 2. The fourth-order valence-electron chi connectivity index (χ4n) is 1.45. The summed E-state index contributed by atoms with van der Waals surface area (Å²) in [5.74, 6) is -0.936. The van der Waals surface area contributed by atoms with Crippen LogP contribution in [0.5, 0.6) is 0 Å². The highest BCUT2D eigenvalue weighted by Gasteiger charge is 2.15. The largest absolute Gasteiger partial charge is 0.481 e. The summed E-state index contributed by atoms with van der Waals surface area (Å²) in [5, 5.41) is 16.1. The van der Waals surface area contributed by atoms with Gasteiger partial charge >= 0.3 is 5.97 Å². The second-order valence-corrected chi connectivity index (χ2v) is 3.23. The molecule has 2 heterocycles. The van der Waals surface area contributed by atoms with Gasteiger partial charge in [0.15, 0.2) is 0 Å². The minimum absolute atomic E-state index is 0.133. The number of fused-ring (bicyclic) bond motifs is 1. The molecule has 0 saturated heterocycles. The van der Waals surface area contributed by atoms with Crippen LogP contribution in [0.3, 0.4) is 0 Å². The molecule has 1 unspecified atom stereocenters. The number of aromatic amines is 1. The number of carbonyl (C=O) groups is 1. The lowest BCUT2D eigenvalue weighted by atomic mass is 10.1. The average Bonchev–Trinajstić information content (AvgIpc) is 2.59. The van der Waals surface area contributed by atoms with Gasteiger partial charge in [0.1, 0.15) is 0 Å². The summed E-state index contributed by atoms with van der Waals surface area (Å²) in [6.07, 6.45) is 3.11. The zero-order chi connectivity index (χ0) is 10.8. The molecule has 6 nitrogen and oxygen atoms in total. The minimum Gasteiger partial charge on any atom is -0.481 e. The molecule has 0 aromatic carbocycles. The van der Waals surface area contributed by atoms with Crippen molar-refractivity contribution in [3.63, 3.8) is 0 Å². The number of carboxylic acids is 1. The highest BCUT2D eigenvalue weighted by atomic mass is 16.4. The Morgan fingerprint density at radius 2 is 2.47 bits per heavy atom. The second-order valence-electron chi connectivity index (χ2n) is 3.23. The summed E-state index contributed by atoms with van der Waals surface area (Å²) in [6, 6.07) is 1.15. The lowest BCUT2D eigenvalue weighted by molar-refractivity contribution is -0.137. The number of nitrogens with two attached hydrogens (primary N) is 1. The van der Waals surface area contributed by atoms with E-state index in [4.69, 9.17) is 10.8 Å². The van der Waals surface area contributed by atoms with Crippen molar-refractivity contribution in [2.75, 3.05) is 0 Å². The van der Waals surface area contributed by atoms with Gasteiger partial charge in [-0.25, -0.2) is 0 Å². The Kier molecular flexibility index (Phi) is 2.34. The van der Waals surface area contributed by atoms with Crippen LogP contribution in [-0.2, 0) is 4.79 Å². The monoisotopic (exact) mass is 206 g/mol. The molecule has 0 aliphatic heterocycles. The van der Waals surface area contributed by atoms with Crippen LogP contribution in [-0.4, -0.2) is 26.3 Å². The van der Waals surface area contributed by atoms with E-state index in [-0.39, 0.29) is 6.42 Å². The summed E-state index contributed by atoms with van der Waals surface area (Å²) in [4.78, 5) is 14.5. The van der Waals surface area contributed by atoms with Gasteiger partial charge in [0.05, 0.1) is 23.7 Å². The van der Waals surface area contributed by atoms with Crippen LogP contribution in [0, 0.1) is 0 Å². The van der Waals surface area contributed by atoms with Crippen LogP contribution in [0.25, 0.3) is 10.9 Å². The number of pyridine rings is 1. The summed E-state index contributed by atoms with van der Waals surface area (Å²) >= 11 is 0.